The Labute approximate surface area is 315 Å². The summed E-state index contributed by atoms with van der Waals surface area (Å²) < 4.78 is 11.2. The summed E-state index contributed by atoms with van der Waals surface area (Å²) >= 11 is 0. The van der Waals surface area contributed by atoms with E-state index in [4.69, 9.17) is 9.47 Å². The molecule has 0 spiro atoms. The summed E-state index contributed by atoms with van der Waals surface area (Å²) in [6, 6.07) is 26.8. The maximum Gasteiger partial charge on any atom is 2.00 e. The Kier molecular flexibility index (Phi) is 15.1. The Morgan fingerprint density at radius 3 is 1.98 bits per heavy atom. The smallest absolute Gasteiger partial charge is 1.00 e. The van der Waals surface area contributed by atoms with Crippen LogP contribution in [0.3, 0.4) is 0 Å². The van der Waals surface area contributed by atoms with Crippen molar-refractivity contribution in [1.82, 2.24) is 10.2 Å². The van der Waals surface area contributed by atoms with E-state index >= 15 is 0 Å². The van der Waals surface area contributed by atoms with E-state index in [1.807, 2.05) is 33.0 Å². The second-order valence-corrected chi connectivity index (χ2v) is 12.0. The fourth-order valence-corrected chi connectivity index (χ4v) is 6.11. The van der Waals surface area contributed by atoms with Crippen molar-refractivity contribution in [2.75, 3.05) is 27.2 Å². The third-order valence-corrected chi connectivity index (χ3v) is 8.02. The van der Waals surface area contributed by atoms with Crippen LogP contribution in [0.25, 0.3) is 0 Å². The summed E-state index contributed by atoms with van der Waals surface area (Å²) in [6.45, 7) is 8.34. The van der Waals surface area contributed by atoms with E-state index in [1.54, 1.807) is 19.9 Å². The minimum Gasteiger partial charge on any atom is -1.00 e. The number of carbonyl (C=O) groups excluding carboxylic acids is 2. The van der Waals surface area contributed by atoms with Crippen molar-refractivity contribution in [1.29, 1.82) is 0 Å². The molecule has 3 aromatic rings. The molecule has 1 aliphatic heterocycles. The van der Waals surface area contributed by atoms with Crippen molar-refractivity contribution in [3.63, 3.8) is 0 Å². The van der Waals surface area contributed by atoms with E-state index in [0.717, 1.165) is 13.0 Å². The molecule has 1 atom stereocenters. The summed E-state index contributed by atoms with van der Waals surface area (Å²) in [4.78, 5) is 40.2. The first-order valence-electron chi connectivity index (χ1n) is 14.9. The number of carbonyl (C=O) groups is 2. The number of allylic oxidation sites excluding steroid dienone is 2. The molecular weight excluding hydrogens is 646 g/mol. The number of methoxy groups -OCH3 is 1. The van der Waals surface area contributed by atoms with Gasteiger partial charge in [-0.05, 0) is 64.4 Å². The molecule has 0 bridgehead atoms. The molecule has 1 unspecified atom stereocenters. The van der Waals surface area contributed by atoms with Gasteiger partial charge < -0.3 is 22.5 Å². The molecule has 1 N–H and O–H groups in total. The average molecular weight is 690 g/mol. The molecule has 0 saturated carbocycles. The van der Waals surface area contributed by atoms with Crippen molar-refractivity contribution >= 4 is 67.8 Å². The fraction of sp³-hybridized carbons (Fsp3) is 0.333. The molecule has 11 heteroatoms. The van der Waals surface area contributed by atoms with Crippen LogP contribution in [0.4, 0.5) is 5.69 Å². The number of nitro groups is 1. The van der Waals surface area contributed by atoms with Crippen LogP contribution in [0.5, 0.6) is 0 Å². The Morgan fingerprint density at radius 1 is 0.936 bits per heavy atom. The third-order valence-electron chi connectivity index (χ3n) is 8.02. The Balaban J connectivity index is 0.00000576. The number of non-ortho nitro benzene ring substituents is 1. The Hall–Kier alpha value is -3.21. The molecule has 0 aromatic heterocycles. The molecule has 1 heterocycles. The standard InChI is InChI=1S/C36H41N3O6.Ca.ClH.2H/c1-24-31(34(40)44-6)33(28-18-13-19-29(22-28)39(42)43)32(25(2)37-24)35(41)45-36(3,4)23-38(5)21-20-30(26-14-9-7-10-15-26)27-16-11-8-12-17-27;;;;/h7-19,22,30,33,37H,20-21,23H2,1-6H3;;1H;;/q;+2;;2*-1. The predicted molar refractivity (Wildman–Crippen MR) is 189 cm³/mol. The molecule has 0 fully saturated rings. The van der Waals surface area contributed by atoms with Gasteiger partial charge in [0, 0.05) is 36.0 Å². The van der Waals surface area contributed by atoms with Crippen LogP contribution in [0.15, 0.2) is 107 Å². The molecule has 9 nitrogen and oxygen atoms in total. The van der Waals surface area contributed by atoms with Crippen LogP contribution in [-0.2, 0) is 19.1 Å². The molecule has 4 rings (SSSR count). The van der Waals surface area contributed by atoms with E-state index < -0.39 is 28.4 Å². The van der Waals surface area contributed by atoms with Crippen LogP contribution < -0.4 is 5.32 Å². The number of nitrogens with zero attached hydrogens (tertiary/aromatic N) is 2. The van der Waals surface area contributed by atoms with Crippen molar-refractivity contribution in [2.45, 2.75) is 51.6 Å². The molecule has 0 radical (unpaired) electrons. The summed E-state index contributed by atoms with van der Waals surface area (Å²) in [6.07, 6.45) is 0.865. The van der Waals surface area contributed by atoms with Gasteiger partial charge in [-0.25, -0.2) is 9.59 Å². The van der Waals surface area contributed by atoms with Gasteiger partial charge in [-0.15, -0.1) is 12.4 Å². The normalized spacial score (nSPS) is 14.6. The van der Waals surface area contributed by atoms with Crippen molar-refractivity contribution in [2.24, 2.45) is 0 Å². The van der Waals surface area contributed by atoms with Crippen LogP contribution in [0.2, 0.25) is 0 Å². The number of hydrogen-bond acceptors (Lipinski definition) is 8. The first kappa shape index (κ1) is 40.0. The van der Waals surface area contributed by atoms with Gasteiger partial charge in [0.15, 0.2) is 0 Å². The maximum absolute atomic E-state index is 14.0. The zero-order chi connectivity index (χ0) is 32.7. The molecule has 0 saturated heterocycles. The minimum atomic E-state index is -0.919. The number of hydrogen-bond donors (Lipinski definition) is 1. The van der Waals surface area contributed by atoms with Gasteiger partial charge in [-0.2, -0.15) is 0 Å². The van der Waals surface area contributed by atoms with Gasteiger partial charge in [0.2, 0.25) is 0 Å². The molecule has 47 heavy (non-hydrogen) atoms. The zero-order valence-corrected chi connectivity index (χ0v) is 30.8. The third kappa shape index (κ3) is 10.1. The second kappa shape index (κ2) is 17.8. The fourth-order valence-electron chi connectivity index (χ4n) is 6.11. The number of benzene rings is 3. The molecule has 0 aliphatic carbocycles. The number of dihydropyridines is 1. The van der Waals surface area contributed by atoms with Crippen molar-refractivity contribution < 1.29 is 26.8 Å². The number of ether oxygens (including phenoxy) is 2. The number of esters is 2. The number of nitro benzene ring substituents is 1. The molecule has 248 valence electrons. The van der Waals surface area contributed by atoms with Crippen LogP contribution in [0, 0.1) is 10.1 Å². The zero-order valence-electron chi connectivity index (χ0n) is 29.8. The maximum atomic E-state index is 14.0. The summed E-state index contributed by atoms with van der Waals surface area (Å²) in [5.41, 5.74) is 3.24. The Bertz CT molecular complexity index is 1580. The largest absolute Gasteiger partial charge is 2.00 e. The van der Waals surface area contributed by atoms with E-state index in [-0.39, 0.29) is 75.8 Å². The van der Waals surface area contributed by atoms with Crippen LogP contribution in [0.1, 0.15) is 65.5 Å². The topological polar surface area (TPSA) is 111 Å². The van der Waals surface area contributed by atoms with Gasteiger partial charge in [0.05, 0.1) is 29.1 Å². The quantitative estimate of drug-likeness (QED) is 0.0963. The molecule has 0 amide bonds. The number of halogens is 1. The van der Waals surface area contributed by atoms with E-state index in [0.29, 0.717) is 23.5 Å². The molecular formula is C36H44CaClN3O6. The van der Waals surface area contributed by atoms with Crippen LogP contribution in [-0.4, -0.2) is 92.3 Å². The Morgan fingerprint density at radius 2 is 1.47 bits per heavy atom. The second-order valence-electron chi connectivity index (χ2n) is 12.0. The number of rotatable bonds is 12. The summed E-state index contributed by atoms with van der Waals surface area (Å²) in [7, 11) is 3.26. The average Bonchev–Trinajstić information content (AvgIpc) is 3.01. The number of likely N-dealkylation sites (N-methyl/N-ethyl adjacent to an activating group) is 1. The van der Waals surface area contributed by atoms with Crippen molar-refractivity contribution in [3.05, 3.63) is 134 Å². The SMILES string of the molecule is COC(=O)C1=C(C)NC(C)=C(C(=O)OC(C)(C)CN(C)CCC(c2ccccc2)c2ccccc2)C1c1cccc([N+](=O)[O-])c1.Cl.[Ca+2].[H-].[H-]. The van der Waals surface area contributed by atoms with Gasteiger partial charge in [0.25, 0.3) is 5.69 Å². The number of nitrogens with one attached hydrogen (secondary N) is 1. The summed E-state index contributed by atoms with van der Waals surface area (Å²) in [5, 5.41) is 14.7. The van der Waals surface area contributed by atoms with E-state index in [1.165, 1.54) is 36.4 Å². The van der Waals surface area contributed by atoms with Gasteiger partial charge in [-0.3, -0.25) is 10.1 Å². The van der Waals surface area contributed by atoms with Gasteiger partial charge in [0.1, 0.15) is 5.60 Å². The molecule has 1 aliphatic rings. The molecule has 3 aromatic carbocycles. The minimum absolute atomic E-state index is 0. The summed E-state index contributed by atoms with van der Waals surface area (Å²) in [5.74, 6) is -1.96. The van der Waals surface area contributed by atoms with Crippen LogP contribution >= 0.6 is 12.4 Å². The first-order chi connectivity index (χ1) is 21.4. The monoisotopic (exact) mass is 689 g/mol. The first-order valence-corrected chi connectivity index (χ1v) is 14.9. The van der Waals surface area contributed by atoms with Crippen molar-refractivity contribution in [3.8, 4) is 0 Å². The van der Waals surface area contributed by atoms with Gasteiger partial charge in [-0.1, -0.05) is 72.8 Å². The van der Waals surface area contributed by atoms with E-state index in [9.17, 15) is 19.7 Å². The van der Waals surface area contributed by atoms with E-state index in [2.05, 4.69) is 58.7 Å². The van der Waals surface area contributed by atoms with Gasteiger partial charge >= 0.3 is 49.7 Å². The predicted octanol–water partition coefficient (Wildman–Crippen LogP) is 6.74.